The topological polar surface area (TPSA) is 33.0 Å². The van der Waals surface area contributed by atoms with E-state index in [4.69, 9.17) is 10.00 Å². The zero-order valence-corrected chi connectivity index (χ0v) is 14.7. The van der Waals surface area contributed by atoms with E-state index in [0.717, 1.165) is 13.4 Å². The van der Waals surface area contributed by atoms with Gasteiger partial charge in [0.25, 0.3) is 0 Å². The first-order valence-corrected chi connectivity index (χ1v) is 7.84. The number of ether oxygens (including phenoxy) is 1. The van der Waals surface area contributed by atoms with E-state index in [0.29, 0.717) is 11.3 Å². The molecule has 0 saturated heterocycles. The van der Waals surface area contributed by atoms with Crippen molar-refractivity contribution >= 4 is 47.8 Å². The Hall–Kier alpha value is -0.900. The van der Waals surface area contributed by atoms with E-state index in [-0.39, 0.29) is 12.2 Å². The van der Waals surface area contributed by atoms with E-state index in [2.05, 4.69) is 47.8 Å². The van der Waals surface area contributed by atoms with E-state index in [1.165, 1.54) is 12.1 Å². The molecule has 0 spiro atoms. The van der Waals surface area contributed by atoms with Gasteiger partial charge in [0.1, 0.15) is 18.2 Å². The van der Waals surface area contributed by atoms with Crippen LogP contribution in [0.5, 0.6) is 5.75 Å². The van der Waals surface area contributed by atoms with Gasteiger partial charge in [0, 0.05) is 4.47 Å². The van der Waals surface area contributed by atoms with Gasteiger partial charge in [0.15, 0.2) is 0 Å². The second-order valence-electron chi connectivity index (χ2n) is 3.95. The number of benzene rings is 2. The van der Waals surface area contributed by atoms with Crippen molar-refractivity contribution in [2.45, 2.75) is 6.61 Å². The second kappa shape index (κ2) is 6.70. The van der Waals surface area contributed by atoms with Crippen molar-refractivity contribution < 1.29 is 9.13 Å². The molecule has 102 valence electrons. The third-order valence-electron chi connectivity index (χ3n) is 2.43. The van der Waals surface area contributed by atoms with Gasteiger partial charge in [-0.15, -0.1) is 0 Å². The summed E-state index contributed by atoms with van der Waals surface area (Å²) in [5, 5.41) is 8.81. The normalized spacial score (nSPS) is 10.2. The van der Waals surface area contributed by atoms with Crippen molar-refractivity contribution in [1.29, 1.82) is 5.26 Å². The Morgan fingerprint density at radius 3 is 2.30 bits per heavy atom. The smallest absolute Gasteiger partial charge is 0.148 e. The van der Waals surface area contributed by atoms with E-state index < -0.39 is 5.82 Å². The Labute approximate surface area is 140 Å². The van der Waals surface area contributed by atoms with Crippen LogP contribution in [-0.2, 0) is 6.61 Å². The molecular weight excluding hydrogens is 457 g/mol. The molecule has 6 heteroatoms. The van der Waals surface area contributed by atoms with Gasteiger partial charge < -0.3 is 4.74 Å². The minimum Gasteiger partial charge on any atom is -0.487 e. The van der Waals surface area contributed by atoms with Crippen molar-refractivity contribution in [3.05, 3.63) is 60.7 Å². The average Bonchev–Trinajstić information content (AvgIpc) is 2.36. The van der Waals surface area contributed by atoms with Crippen molar-refractivity contribution in [2.75, 3.05) is 0 Å². The largest absolute Gasteiger partial charge is 0.487 e. The number of rotatable bonds is 3. The molecule has 0 heterocycles. The van der Waals surface area contributed by atoms with E-state index in [1.807, 2.05) is 18.2 Å². The molecule has 0 aliphatic carbocycles. The lowest BCUT2D eigenvalue weighted by molar-refractivity contribution is 0.301. The molecule has 0 bridgehead atoms. The number of halogens is 4. The summed E-state index contributed by atoms with van der Waals surface area (Å²) in [7, 11) is 0. The summed E-state index contributed by atoms with van der Waals surface area (Å²) in [4.78, 5) is 0. The standard InChI is InChI=1S/C14H7Br3FNO/c15-10-4-12(16)14(13(17)5-10)20-7-9-1-8(6-19)2-11(18)3-9/h1-5H,7H2. The van der Waals surface area contributed by atoms with E-state index in [1.54, 1.807) is 6.07 Å². The lowest BCUT2D eigenvalue weighted by Gasteiger charge is -2.11. The highest BCUT2D eigenvalue weighted by Crippen LogP contribution is 2.36. The van der Waals surface area contributed by atoms with Crippen molar-refractivity contribution in [1.82, 2.24) is 0 Å². The Kier molecular flexibility index (Phi) is 5.19. The van der Waals surface area contributed by atoms with Gasteiger partial charge in [-0.3, -0.25) is 0 Å². The molecule has 0 radical (unpaired) electrons. The molecule has 2 rings (SSSR count). The third-order valence-corrected chi connectivity index (χ3v) is 4.07. The zero-order chi connectivity index (χ0) is 14.7. The molecular formula is C14H7Br3FNO. The van der Waals surface area contributed by atoms with Gasteiger partial charge >= 0.3 is 0 Å². The van der Waals surface area contributed by atoms with Crippen LogP contribution in [0.3, 0.4) is 0 Å². The molecule has 0 atom stereocenters. The fourth-order valence-electron chi connectivity index (χ4n) is 1.62. The number of nitriles is 1. The van der Waals surface area contributed by atoms with Crippen molar-refractivity contribution in [2.24, 2.45) is 0 Å². The minimum atomic E-state index is -0.448. The van der Waals surface area contributed by atoms with Gasteiger partial charge in [0.05, 0.1) is 20.6 Å². The molecule has 0 saturated carbocycles. The van der Waals surface area contributed by atoms with Crippen molar-refractivity contribution in [3.63, 3.8) is 0 Å². The predicted molar refractivity (Wildman–Crippen MR) is 85.0 cm³/mol. The highest BCUT2D eigenvalue weighted by Gasteiger charge is 2.09. The molecule has 2 aromatic carbocycles. The summed E-state index contributed by atoms with van der Waals surface area (Å²) in [6.07, 6.45) is 0. The molecule has 20 heavy (non-hydrogen) atoms. The van der Waals surface area contributed by atoms with Crippen LogP contribution in [-0.4, -0.2) is 0 Å². The Morgan fingerprint density at radius 1 is 1.05 bits per heavy atom. The van der Waals surface area contributed by atoms with Crippen LogP contribution in [0.15, 0.2) is 43.7 Å². The fourth-order valence-corrected chi connectivity index (χ4v) is 4.11. The Bertz CT molecular complexity index is 674. The van der Waals surface area contributed by atoms with Crippen LogP contribution < -0.4 is 4.74 Å². The first-order valence-electron chi connectivity index (χ1n) is 5.46. The lowest BCUT2D eigenvalue weighted by Crippen LogP contribution is -1.98. The van der Waals surface area contributed by atoms with Crippen LogP contribution in [0, 0.1) is 17.1 Å². The molecule has 0 aliphatic heterocycles. The molecule has 0 unspecified atom stereocenters. The Morgan fingerprint density at radius 2 is 1.70 bits per heavy atom. The first kappa shape index (κ1) is 15.5. The summed E-state index contributed by atoms with van der Waals surface area (Å²) in [6, 6.07) is 9.76. The maximum atomic E-state index is 13.3. The zero-order valence-electron chi connectivity index (χ0n) is 9.96. The summed E-state index contributed by atoms with van der Waals surface area (Å²) < 4.78 is 21.4. The van der Waals surface area contributed by atoms with Gasteiger partial charge in [-0.1, -0.05) is 15.9 Å². The number of hydrogen-bond donors (Lipinski definition) is 0. The van der Waals surface area contributed by atoms with Crippen LogP contribution in [0.25, 0.3) is 0 Å². The molecule has 0 aromatic heterocycles. The summed E-state index contributed by atoms with van der Waals surface area (Å²) >= 11 is 10.2. The van der Waals surface area contributed by atoms with Crippen LogP contribution in [0.2, 0.25) is 0 Å². The highest BCUT2D eigenvalue weighted by molar-refractivity contribution is 9.11. The number of hydrogen-bond acceptors (Lipinski definition) is 2. The molecule has 2 aromatic rings. The monoisotopic (exact) mass is 461 g/mol. The maximum absolute atomic E-state index is 13.3. The fraction of sp³-hybridized carbons (Fsp3) is 0.0714. The number of nitrogens with zero attached hydrogens (tertiary/aromatic N) is 1. The van der Waals surface area contributed by atoms with Gasteiger partial charge in [0.2, 0.25) is 0 Å². The maximum Gasteiger partial charge on any atom is 0.148 e. The average molecular weight is 464 g/mol. The quantitative estimate of drug-likeness (QED) is 0.596. The van der Waals surface area contributed by atoms with Gasteiger partial charge in [-0.2, -0.15) is 5.26 Å². The Balaban J connectivity index is 2.21. The summed E-state index contributed by atoms with van der Waals surface area (Å²) in [6.45, 7) is 0.172. The minimum absolute atomic E-state index is 0.172. The molecule has 2 nitrogen and oxygen atoms in total. The van der Waals surface area contributed by atoms with Gasteiger partial charge in [-0.25, -0.2) is 4.39 Å². The molecule has 0 N–H and O–H groups in total. The SMILES string of the molecule is N#Cc1cc(F)cc(COc2c(Br)cc(Br)cc2Br)c1. The van der Waals surface area contributed by atoms with Crippen LogP contribution >= 0.6 is 47.8 Å². The van der Waals surface area contributed by atoms with Crippen LogP contribution in [0.4, 0.5) is 4.39 Å². The van der Waals surface area contributed by atoms with Gasteiger partial charge in [-0.05, 0) is 67.8 Å². The first-order chi connectivity index (χ1) is 9.49. The van der Waals surface area contributed by atoms with E-state index >= 15 is 0 Å². The van der Waals surface area contributed by atoms with Crippen LogP contribution in [0.1, 0.15) is 11.1 Å². The molecule has 0 amide bonds. The second-order valence-corrected chi connectivity index (χ2v) is 6.57. The summed E-state index contributed by atoms with van der Waals surface area (Å²) in [5.41, 5.74) is 0.876. The lowest BCUT2D eigenvalue weighted by atomic mass is 10.1. The molecule has 0 fully saturated rings. The summed E-state index contributed by atoms with van der Waals surface area (Å²) in [5.74, 6) is 0.174. The van der Waals surface area contributed by atoms with E-state index in [9.17, 15) is 4.39 Å². The highest BCUT2D eigenvalue weighted by atomic mass is 79.9. The van der Waals surface area contributed by atoms with Crippen molar-refractivity contribution in [3.8, 4) is 11.8 Å². The molecule has 0 aliphatic rings. The third kappa shape index (κ3) is 3.81. The predicted octanol–water partition coefficient (Wildman–Crippen LogP) is 5.56.